The number of phenolic OH excluding ortho intramolecular Hbond substituents is 1. The molecule has 4 nitrogen and oxygen atoms in total. The Kier molecular flexibility index (Phi) is 4.89. The number of benzene rings is 1. The van der Waals surface area contributed by atoms with Crippen LogP contribution in [0.4, 0.5) is 0 Å². The quantitative estimate of drug-likeness (QED) is 0.740. The average Bonchev–Trinajstić information content (AvgIpc) is 2.28. The third kappa shape index (κ3) is 3.98. The summed E-state index contributed by atoms with van der Waals surface area (Å²) in [5, 5.41) is 12.1. The maximum atomic E-state index is 11.7. The first-order chi connectivity index (χ1) is 7.91. The van der Waals surface area contributed by atoms with Gasteiger partial charge in [-0.25, -0.2) is 0 Å². The van der Waals surface area contributed by atoms with E-state index in [0.717, 1.165) is 0 Å². The van der Waals surface area contributed by atoms with Gasteiger partial charge in [0.1, 0.15) is 5.75 Å². The van der Waals surface area contributed by atoms with E-state index >= 15 is 0 Å². The van der Waals surface area contributed by atoms with Crippen molar-refractivity contribution < 1.29 is 9.90 Å². The molecule has 1 atom stereocenters. The summed E-state index contributed by atoms with van der Waals surface area (Å²) in [6.07, 6.45) is 0. The molecule has 0 aliphatic rings. The molecular weight excluding hydrogens is 304 g/mol. The minimum absolute atomic E-state index is 0.0278. The van der Waals surface area contributed by atoms with Gasteiger partial charge in [-0.1, -0.05) is 19.1 Å². The van der Waals surface area contributed by atoms with Crippen LogP contribution in [0.3, 0.4) is 0 Å². The first kappa shape index (κ1) is 13.9. The Morgan fingerprint density at radius 2 is 2.29 bits per heavy atom. The molecule has 0 aliphatic heterocycles. The number of halogens is 1. The van der Waals surface area contributed by atoms with Crippen molar-refractivity contribution in [3.63, 3.8) is 0 Å². The monoisotopic (exact) mass is 316 g/mol. The zero-order valence-electron chi connectivity index (χ0n) is 9.24. The van der Waals surface area contributed by atoms with Gasteiger partial charge < -0.3 is 16.2 Å². The number of aromatic hydroxyl groups is 1. The van der Waals surface area contributed by atoms with Crippen LogP contribution >= 0.6 is 28.1 Å². The zero-order chi connectivity index (χ0) is 13.0. The number of nitrogens with two attached hydrogens (primary N) is 1. The van der Waals surface area contributed by atoms with Gasteiger partial charge in [-0.05, 0) is 34.1 Å². The summed E-state index contributed by atoms with van der Waals surface area (Å²) >= 11 is 7.95. The van der Waals surface area contributed by atoms with E-state index in [1.165, 1.54) is 6.07 Å². The van der Waals surface area contributed by atoms with E-state index in [1.807, 2.05) is 6.92 Å². The molecule has 0 radical (unpaired) electrons. The first-order valence-corrected chi connectivity index (χ1v) is 6.18. The molecule has 0 fully saturated rings. The van der Waals surface area contributed by atoms with Crippen LogP contribution in [-0.2, 0) is 0 Å². The Morgan fingerprint density at radius 1 is 1.65 bits per heavy atom. The van der Waals surface area contributed by atoms with Crippen LogP contribution in [0.5, 0.6) is 5.75 Å². The minimum Gasteiger partial charge on any atom is -0.507 e. The molecule has 92 valence electrons. The lowest BCUT2D eigenvalue weighted by atomic mass is 10.1. The van der Waals surface area contributed by atoms with E-state index in [0.29, 0.717) is 21.6 Å². The predicted molar refractivity (Wildman–Crippen MR) is 74.1 cm³/mol. The molecule has 0 aromatic heterocycles. The van der Waals surface area contributed by atoms with Gasteiger partial charge in [0.15, 0.2) is 0 Å². The number of hydrogen-bond acceptors (Lipinski definition) is 3. The normalized spacial score (nSPS) is 11.9. The molecule has 0 saturated carbocycles. The number of phenols is 1. The summed E-state index contributed by atoms with van der Waals surface area (Å²) in [7, 11) is 0. The summed E-state index contributed by atoms with van der Waals surface area (Å²) in [4.78, 5) is 12.1. The van der Waals surface area contributed by atoms with Crippen LogP contribution in [0.25, 0.3) is 0 Å². The second kappa shape index (κ2) is 5.97. The lowest BCUT2D eigenvalue weighted by Crippen LogP contribution is -2.33. The highest BCUT2D eigenvalue weighted by molar-refractivity contribution is 9.10. The smallest absolute Gasteiger partial charge is 0.251 e. The molecule has 1 amide bonds. The van der Waals surface area contributed by atoms with Gasteiger partial charge in [-0.2, -0.15) is 0 Å². The number of carbonyl (C=O) groups is 1. The highest BCUT2D eigenvalue weighted by Crippen LogP contribution is 2.24. The fourth-order valence-corrected chi connectivity index (χ4v) is 1.43. The molecule has 0 aliphatic carbocycles. The molecule has 1 aromatic rings. The molecule has 1 rings (SSSR count). The Balaban J connectivity index is 2.64. The van der Waals surface area contributed by atoms with E-state index in [4.69, 9.17) is 18.0 Å². The molecule has 0 saturated heterocycles. The number of thiocarbonyl (C=S) groups is 1. The number of nitrogens with one attached hydrogen (secondary N) is 1. The summed E-state index contributed by atoms with van der Waals surface area (Å²) in [6.45, 7) is 2.21. The van der Waals surface area contributed by atoms with Crippen LogP contribution in [0.2, 0.25) is 0 Å². The number of hydrogen-bond donors (Lipinski definition) is 3. The third-order valence-corrected chi connectivity index (χ3v) is 3.34. The molecule has 17 heavy (non-hydrogen) atoms. The largest absolute Gasteiger partial charge is 0.507 e. The van der Waals surface area contributed by atoms with Gasteiger partial charge >= 0.3 is 0 Å². The SMILES string of the molecule is CC(CNC(=O)c1ccc(Br)c(O)c1)C(N)=S. The van der Waals surface area contributed by atoms with Gasteiger partial charge in [0.05, 0.1) is 9.46 Å². The van der Waals surface area contributed by atoms with E-state index < -0.39 is 0 Å². The van der Waals surface area contributed by atoms with E-state index in [2.05, 4.69) is 21.2 Å². The predicted octanol–water partition coefficient (Wildman–Crippen LogP) is 1.81. The van der Waals surface area contributed by atoms with Crippen molar-refractivity contribution in [1.82, 2.24) is 5.32 Å². The number of carbonyl (C=O) groups excluding carboxylic acids is 1. The van der Waals surface area contributed by atoms with Crippen LogP contribution < -0.4 is 11.1 Å². The van der Waals surface area contributed by atoms with Crippen molar-refractivity contribution in [2.45, 2.75) is 6.92 Å². The van der Waals surface area contributed by atoms with Crippen molar-refractivity contribution in [1.29, 1.82) is 0 Å². The maximum Gasteiger partial charge on any atom is 0.251 e. The highest BCUT2D eigenvalue weighted by atomic mass is 79.9. The average molecular weight is 317 g/mol. The Hall–Kier alpha value is -1.14. The lowest BCUT2D eigenvalue weighted by Gasteiger charge is -2.11. The highest BCUT2D eigenvalue weighted by Gasteiger charge is 2.10. The van der Waals surface area contributed by atoms with Crippen molar-refractivity contribution in [2.75, 3.05) is 6.54 Å². The van der Waals surface area contributed by atoms with Crippen molar-refractivity contribution >= 4 is 39.0 Å². The van der Waals surface area contributed by atoms with Gasteiger partial charge in [-0.3, -0.25) is 4.79 Å². The first-order valence-electron chi connectivity index (χ1n) is 4.98. The molecule has 4 N–H and O–H groups in total. The van der Waals surface area contributed by atoms with Crippen LogP contribution in [0, 0.1) is 5.92 Å². The second-order valence-electron chi connectivity index (χ2n) is 3.68. The molecule has 0 heterocycles. The second-order valence-corrected chi connectivity index (χ2v) is 5.01. The Bertz CT molecular complexity index is 451. The minimum atomic E-state index is -0.268. The molecule has 6 heteroatoms. The maximum absolute atomic E-state index is 11.7. The van der Waals surface area contributed by atoms with Crippen molar-refractivity contribution in [3.8, 4) is 5.75 Å². The fraction of sp³-hybridized carbons (Fsp3) is 0.273. The lowest BCUT2D eigenvalue weighted by molar-refractivity contribution is 0.0951. The van der Waals surface area contributed by atoms with Gasteiger partial charge in [0, 0.05) is 18.0 Å². The molecule has 1 aromatic carbocycles. The number of amides is 1. The third-order valence-electron chi connectivity index (χ3n) is 2.26. The molecule has 0 spiro atoms. The Labute approximate surface area is 113 Å². The van der Waals surface area contributed by atoms with Gasteiger partial charge in [-0.15, -0.1) is 0 Å². The summed E-state index contributed by atoms with van der Waals surface area (Å²) in [5.41, 5.74) is 5.83. The summed E-state index contributed by atoms with van der Waals surface area (Å²) in [5.74, 6) is -0.297. The Morgan fingerprint density at radius 3 is 2.82 bits per heavy atom. The van der Waals surface area contributed by atoms with Gasteiger partial charge in [0.25, 0.3) is 5.91 Å². The van der Waals surface area contributed by atoms with E-state index in [1.54, 1.807) is 12.1 Å². The molecular formula is C11H13BrN2O2S. The number of rotatable bonds is 4. The fourth-order valence-electron chi connectivity index (χ4n) is 1.10. The summed E-state index contributed by atoms with van der Waals surface area (Å²) < 4.78 is 0.547. The van der Waals surface area contributed by atoms with E-state index in [-0.39, 0.29) is 17.6 Å². The van der Waals surface area contributed by atoms with Crippen LogP contribution in [0.1, 0.15) is 17.3 Å². The van der Waals surface area contributed by atoms with Crippen molar-refractivity contribution in [2.24, 2.45) is 11.7 Å². The molecule has 0 bridgehead atoms. The van der Waals surface area contributed by atoms with E-state index in [9.17, 15) is 9.90 Å². The standard InChI is InChI=1S/C11H13BrN2O2S/c1-6(10(13)17)5-14-11(16)7-2-3-8(12)9(15)4-7/h2-4,6,15H,5H2,1H3,(H2,13,17)(H,14,16). The van der Waals surface area contributed by atoms with Gasteiger partial charge in [0.2, 0.25) is 0 Å². The van der Waals surface area contributed by atoms with Crippen molar-refractivity contribution in [3.05, 3.63) is 28.2 Å². The van der Waals surface area contributed by atoms with Crippen LogP contribution in [0.15, 0.2) is 22.7 Å². The van der Waals surface area contributed by atoms with Crippen LogP contribution in [-0.4, -0.2) is 22.5 Å². The topological polar surface area (TPSA) is 75.3 Å². The molecule has 1 unspecified atom stereocenters. The summed E-state index contributed by atoms with van der Waals surface area (Å²) in [6, 6.07) is 4.62. The zero-order valence-corrected chi connectivity index (χ0v) is 11.6.